The summed E-state index contributed by atoms with van der Waals surface area (Å²) in [6, 6.07) is 3.42. The second-order valence-electron chi connectivity index (χ2n) is 0.917. The van der Waals surface area contributed by atoms with Gasteiger partial charge < -0.3 is 4.42 Å². The molecule has 3 heteroatoms. The molecule has 0 N–H and O–H groups in total. The van der Waals surface area contributed by atoms with Crippen molar-refractivity contribution in [3.63, 3.8) is 0 Å². The Balaban J connectivity index is 0.000000360. The molecule has 1 aromatic heterocycles. The lowest BCUT2D eigenvalue weighted by Crippen LogP contribution is -1.34. The van der Waals surface area contributed by atoms with Crippen molar-refractivity contribution in [1.29, 1.82) is 0 Å². The Labute approximate surface area is 62.8 Å². The molecule has 0 bridgehead atoms. The Bertz CT molecular complexity index is 115. The summed E-state index contributed by atoms with van der Waals surface area (Å²) < 4.78 is 4.60. The molecule has 0 aliphatic heterocycles. The van der Waals surface area contributed by atoms with E-state index in [9.17, 15) is 0 Å². The van der Waals surface area contributed by atoms with Crippen molar-refractivity contribution in [2.75, 3.05) is 0 Å². The lowest BCUT2D eigenvalue weighted by molar-refractivity contribution is 0.569. The average molecular weight is 129 g/mol. The maximum Gasteiger partial charge on any atom is 0.316 e. The molecule has 0 aliphatic rings. The zero-order valence-corrected chi connectivity index (χ0v) is 3.77. The van der Waals surface area contributed by atoms with Crippen LogP contribution in [-0.4, -0.2) is 23.1 Å². The van der Waals surface area contributed by atoms with Crippen molar-refractivity contribution >= 4 is 34.7 Å². The van der Waals surface area contributed by atoms with Crippen LogP contribution in [0, 0.1) is 0 Å². The summed E-state index contributed by atoms with van der Waals surface area (Å²) in [4.78, 5) is 0. The van der Waals surface area contributed by atoms with E-state index >= 15 is 0 Å². The number of hydrogen-bond donors (Lipinski definition) is 0. The molecular formula is C4H5ClMgO. The van der Waals surface area contributed by atoms with Crippen molar-refractivity contribution in [3.05, 3.63) is 23.6 Å². The molecule has 0 fully saturated rings. The second kappa shape index (κ2) is 3.35. The van der Waals surface area contributed by atoms with Crippen LogP contribution in [0.1, 0.15) is 0 Å². The van der Waals surface area contributed by atoms with Crippen LogP contribution in [0.25, 0.3) is 0 Å². The highest BCUT2D eigenvalue weighted by atomic mass is 35.5. The Hall–Kier alpha value is 0.336. The van der Waals surface area contributed by atoms with E-state index < -0.39 is 0 Å². The molecule has 1 heterocycles. The second-order valence-corrected chi connectivity index (χ2v) is 1.29. The molecule has 1 rings (SSSR count). The first kappa shape index (κ1) is 7.34. The van der Waals surface area contributed by atoms with Gasteiger partial charge in [0.05, 0.1) is 6.26 Å². The van der Waals surface area contributed by atoms with Crippen LogP contribution >= 0.6 is 11.6 Å². The third-order valence-electron chi connectivity index (χ3n) is 0.486. The number of halogens is 1. The summed E-state index contributed by atoms with van der Waals surface area (Å²) in [5.74, 6) is 0. The maximum atomic E-state index is 5.29. The maximum absolute atomic E-state index is 5.29. The molecule has 1 aromatic rings. The van der Waals surface area contributed by atoms with Crippen LogP contribution in [0.3, 0.4) is 0 Å². The standard InChI is InChI=1S/C4H3ClO.Mg.2H/c5-4-2-1-3-6-4;;;/h1-3H;;;. The fourth-order valence-corrected chi connectivity index (χ4v) is 0.383. The van der Waals surface area contributed by atoms with Gasteiger partial charge in [-0.2, -0.15) is 0 Å². The minimum Gasteiger partial charge on any atom is -0.453 e. The first-order valence-electron chi connectivity index (χ1n) is 1.58. The van der Waals surface area contributed by atoms with E-state index in [0.29, 0.717) is 5.22 Å². The van der Waals surface area contributed by atoms with E-state index in [-0.39, 0.29) is 23.1 Å². The Morgan fingerprint density at radius 1 is 1.57 bits per heavy atom. The third-order valence-corrected chi connectivity index (χ3v) is 0.702. The first-order valence-corrected chi connectivity index (χ1v) is 1.96. The summed E-state index contributed by atoms with van der Waals surface area (Å²) >= 11 is 5.29. The lowest BCUT2D eigenvalue weighted by atomic mass is 10.7. The van der Waals surface area contributed by atoms with Crippen molar-refractivity contribution in [3.8, 4) is 0 Å². The van der Waals surface area contributed by atoms with E-state index in [1.807, 2.05) is 0 Å². The summed E-state index contributed by atoms with van der Waals surface area (Å²) in [7, 11) is 0. The zero-order valence-electron chi connectivity index (χ0n) is 3.02. The molecule has 0 amide bonds. The van der Waals surface area contributed by atoms with E-state index in [2.05, 4.69) is 4.42 Å². The van der Waals surface area contributed by atoms with Gasteiger partial charge >= 0.3 is 23.1 Å². The summed E-state index contributed by atoms with van der Waals surface area (Å²) in [6.45, 7) is 0. The average Bonchev–Trinajstić information content (AvgIpc) is 1.86. The third kappa shape index (κ3) is 2.21. The van der Waals surface area contributed by atoms with E-state index in [4.69, 9.17) is 11.6 Å². The molecule has 0 spiro atoms. The quantitative estimate of drug-likeness (QED) is 0.476. The smallest absolute Gasteiger partial charge is 0.316 e. The topological polar surface area (TPSA) is 13.1 Å². The molecule has 0 saturated heterocycles. The van der Waals surface area contributed by atoms with Crippen LogP contribution < -0.4 is 0 Å². The molecule has 0 saturated carbocycles. The van der Waals surface area contributed by atoms with E-state index in [1.165, 1.54) is 6.26 Å². The van der Waals surface area contributed by atoms with Crippen molar-refractivity contribution in [2.45, 2.75) is 0 Å². The van der Waals surface area contributed by atoms with Gasteiger partial charge in [-0.05, 0) is 23.7 Å². The van der Waals surface area contributed by atoms with Gasteiger partial charge in [0.1, 0.15) is 0 Å². The molecule has 0 radical (unpaired) electrons. The molecule has 0 aromatic carbocycles. The van der Waals surface area contributed by atoms with E-state index in [0.717, 1.165) is 0 Å². The summed E-state index contributed by atoms with van der Waals surface area (Å²) in [6.07, 6.45) is 1.53. The number of hydrogen-bond acceptors (Lipinski definition) is 1. The molecule has 0 unspecified atom stereocenters. The fraction of sp³-hybridized carbons (Fsp3) is 0. The van der Waals surface area contributed by atoms with Gasteiger partial charge in [-0.3, -0.25) is 0 Å². The molecule has 36 valence electrons. The Morgan fingerprint density at radius 3 is 2.43 bits per heavy atom. The predicted octanol–water partition coefficient (Wildman–Crippen LogP) is 1.02. The van der Waals surface area contributed by atoms with Gasteiger partial charge in [0.2, 0.25) is 0 Å². The highest BCUT2D eigenvalue weighted by Crippen LogP contribution is 2.04. The summed E-state index contributed by atoms with van der Waals surface area (Å²) in [5.41, 5.74) is 0. The van der Waals surface area contributed by atoms with Gasteiger partial charge in [-0.25, -0.2) is 0 Å². The molecule has 1 nitrogen and oxygen atoms in total. The Kier molecular flexibility index (Phi) is 3.51. The van der Waals surface area contributed by atoms with Crippen LogP contribution in [0.2, 0.25) is 5.22 Å². The predicted molar refractivity (Wildman–Crippen MR) is 32.3 cm³/mol. The van der Waals surface area contributed by atoms with Gasteiger partial charge in [0, 0.05) is 0 Å². The molecule has 0 aliphatic carbocycles. The van der Waals surface area contributed by atoms with Gasteiger partial charge in [0.25, 0.3) is 0 Å². The highest BCUT2D eigenvalue weighted by molar-refractivity contribution is 6.28. The Morgan fingerprint density at radius 2 is 2.29 bits per heavy atom. The number of rotatable bonds is 0. The molecule has 7 heavy (non-hydrogen) atoms. The minimum atomic E-state index is 0. The molecular weight excluding hydrogens is 124 g/mol. The van der Waals surface area contributed by atoms with Crippen molar-refractivity contribution in [2.24, 2.45) is 0 Å². The normalized spacial score (nSPS) is 7.57. The largest absolute Gasteiger partial charge is 0.453 e. The van der Waals surface area contributed by atoms with Crippen molar-refractivity contribution in [1.82, 2.24) is 0 Å². The lowest BCUT2D eigenvalue weighted by Gasteiger charge is -1.65. The van der Waals surface area contributed by atoms with Gasteiger partial charge in [0.15, 0.2) is 5.22 Å². The molecule has 0 atom stereocenters. The zero-order chi connectivity index (χ0) is 4.41. The van der Waals surface area contributed by atoms with Crippen LogP contribution in [0.5, 0.6) is 0 Å². The van der Waals surface area contributed by atoms with Gasteiger partial charge in [-0.15, -0.1) is 0 Å². The number of furan rings is 1. The highest BCUT2D eigenvalue weighted by Gasteiger charge is 1.79. The van der Waals surface area contributed by atoms with Gasteiger partial charge in [-0.1, -0.05) is 0 Å². The SMILES string of the molecule is Clc1ccco1.[MgH2]. The first-order chi connectivity index (χ1) is 2.89. The fourth-order valence-electron chi connectivity index (χ4n) is 0.259. The minimum absolute atomic E-state index is 0. The monoisotopic (exact) mass is 128 g/mol. The summed E-state index contributed by atoms with van der Waals surface area (Å²) in [5, 5.41) is 0.440. The van der Waals surface area contributed by atoms with Crippen LogP contribution in [0.4, 0.5) is 0 Å². The van der Waals surface area contributed by atoms with E-state index in [1.54, 1.807) is 12.1 Å². The van der Waals surface area contributed by atoms with Crippen LogP contribution in [-0.2, 0) is 0 Å². The van der Waals surface area contributed by atoms with Crippen LogP contribution in [0.15, 0.2) is 22.8 Å². The van der Waals surface area contributed by atoms with Crippen molar-refractivity contribution < 1.29 is 4.42 Å².